The van der Waals surface area contributed by atoms with Gasteiger partial charge in [-0.15, -0.1) is 0 Å². The molecular formula is C12H20N2O5S2. The number of nitrogens with two attached hydrogens (primary N) is 1. The van der Waals surface area contributed by atoms with Crippen LogP contribution in [0.5, 0.6) is 0 Å². The van der Waals surface area contributed by atoms with Crippen molar-refractivity contribution >= 4 is 20.0 Å². The van der Waals surface area contributed by atoms with Crippen LogP contribution in [-0.2, 0) is 20.0 Å². The molecule has 0 aliphatic heterocycles. The van der Waals surface area contributed by atoms with Crippen LogP contribution in [-0.4, -0.2) is 34.6 Å². The molecule has 0 aromatic heterocycles. The van der Waals surface area contributed by atoms with Gasteiger partial charge in [-0.3, -0.25) is 0 Å². The first-order chi connectivity index (χ1) is 9.56. The van der Waals surface area contributed by atoms with Crippen LogP contribution in [0.4, 0.5) is 0 Å². The first-order valence-corrected chi connectivity index (χ1v) is 9.35. The topological polar surface area (TPSA) is 127 Å². The van der Waals surface area contributed by atoms with Gasteiger partial charge in [0.15, 0.2) is 0 Å². The van der Waals surface area contributed by atoms with Gasteiger partial charge in [0, 0.05) is 6.04 Å². The van der Waals surface area contributed by atoms with Crippen molar-refractivity contribution in [3.05, 3.63) is 24.3 Å². The van der Waals surface area contributed by atoms with Crippen LogP contribution >= 0.6 is 0 Å². The molecule has 4 N–H and O–H groups in total. The molecule has 1 unspecified atom stereocenters. The van der Waals surface area contributed by atoms with Gasteiger partial charge < -0.3 is 5.11 Å². The molecule has 0 spiro atoms. The minimum atomic E-state index is -3.98. The predicted octanol–water partition coefficient (Wildman–Crippen LogP) is 0.0193. The fourth-order valence-corrected chi connectivity index (χ4v) is 3.75. The van der Waals surface area contributed by atoms with E-state index in [2.05, 4.69) is 4.72 Å². The summed E-state index contributed by atoms with van der Waals surface area (Å²) < 4.78 is 49.3. The Bertz CT molecular complexity index is 683. The third kappa shape index (κ3) is 5.36. The number of aliphatic hydroxyl groups is 1. The maximum Gasteiger partial charge on any atom is 0.240 e. The van der Waals surface area contributed by atoms with Crippen molar-refractivity contribution in [2.24, 2.45) is 11.1 Å². The van der Waals surface area contributed by atoms with E-state index in [0.717, 1.165) is 6.07 Å². The Morgan fingerprint density at radius 3 is 2.24 bits per heavy atom. The van der Waals surface area contributed by atoms with Gasteiger partial charge in [0.2, 0.25) is 20.0 Å². The van der Waals surface area contributed by atoms with E-state index in [1.54, 1.807) is 0 Å². The highest BCUT2D eigenvalue weighted by Crippen LogP contribution is 2.16. The number of hydrogen-bond donors (Lipinski definition) is 3. The molecule has 1 rings (SSSR count). The zero-order valence-corrected chi connectivity index (χ0v) is 13.5. The lowest BCUT2D eigenvalue weighted by molar-refractivity contribution is 0.240. The van der Waals surface area contributed by atoms with Gasteiger partial charge in [-0.2, -0.15) is 0 Å². The SMILES string of the molecule is CC(C)CC(CO)NS(=O)(=O)c1cccc(S(N)(=O)=O)c1. The van der Waals surface area contributed by atoms with E-state index in [4.69, 9.17) is 5.14 Å². The molecule has 0 radical (unpaired) electrons. The van der Waals surface area contributed by atoms with Crippen molar-refractivity contribution < 1.29 is 21.9 Å². The van der Waals surface area contributed by atoms with Gasteiger partial charge in [-0.25, -0.2) is 26.7 Å². The summed E-state index contributed by atoms with van der Waals surface area (Å²) in [6.07, 6.45) is 0.463. The average molecular weight is 336 g/mol. The van der Waals surface area contributed by atoms with Crippen LogP contribution in [0, 0.1) is 5.92 Å². The second kappa shape index (κ2) is 6.84. The number of benzene rings is 1. The highest BCUT2D eigenvalue weighted by Gasteiger charge is 2.22. The molecule has 9 heteroatoms. The van der Waals surface area contributed by atoms with Crippen molar-refractivity contribution in [2.75, 3.05) is 6.61 Å². The Morgan fingerprint density at radius 2 is 1.76 bits per heavy atom. The lowest BCUT2D eigenvalue weighted by Crippen LogP contribution is -2.38. The van der Waals surface area contributed by atoms with Gasteiger partial charge in [0.05, 0.1) is 16.4 Å². The standard InChI is InChI=1S/C12H20N2O5S2/c1-9(2)6-10(8-15)14-21(18,19)12-5-3-4-11(7-12)20(13,16)17/h3-5,7,9-10,14-15H,6,8H2,1-2H3,(H2,13,16,17). The van der Waals surface area contributed by atoms with Gasteiger partial charge in [-0.05, 0) is 30.5 Å². The number of primary sulfonamides is 1. The second-order valence-electron chi connectivity index (χ2n) is 5.15. The van der Waals surface area contributed by atoms with E-state index in [0.29, 0.717) is 6.42 Å². The lowest BCUT2D eigenvalue weighted by atomic mass is 10.1. The molecular weight excluding hydrogens is 316 g/mol. The molecule has 1 aromatic carbocycles. The van der Waals surface area contributed by atoms with E-state index >= 15 is 0 Å². The van der Waals surface area contributed by atoms with Crippen molar-refractivity contribution in [2.45, 2.75) is 36.1 Å². The monoisotopic (exact) mass is 336 g/mol. The second-order valence-corrected chi connectivity index (χ2v) is 8.43. The summed E-state index contributed by atoms with van der Waals surface area (Å²) in [5, 5.41) is 14.2. The fraction of sp³-hybridized carbons (Fsp3) is 0.500. The van der Waals surface area contributed by atoms with Crippen LogP contribution in [0.1, 0.15) is 20.3 Å². The van der Waals surface area contributed by atoms with Crippen molar-refractivity contribution in [3.8, 4) is 0 Å². The first kappa shape index (κ1) is 18.1. The Morgan fingerprint density at radius 1 is 1.19 bits per heavy atom. The van der Waals surface area contributed by atoms with Gasteiger partial charge >= 0.3 is 0 Å². The molecule has 0 saturated heterocycles. The zero-order valence-electron chi connectivity index (χ0n) is 11.9. The normalized spacial score (nSPS) is 14.3. The smallest absolute Gasteiger partial charge is 0.240 e. The first-order valence-electron chi connectivity index (χ1n) is 6.32. The maximum atomic E-state index is 12.2. The van der Waals surface area contributed by atoms with Crippen LogP contribution in [0.2, 0.25) is 0 Å². The summed E-state index contributed by atoms with van der Waals surface area (Å²) in [4.78, 5) is -0.494. The van der Waals surface area contributed by atoms with E-state index in [1.165, 1.54) is 18.2 Å². The third-order valence-corrected chi connectivity index (χ3v) is 5.17. The van der Waals surface area contributed by atoms with E-state index in [1.807, 2.05) is 13.8 Å². The number of nitrogens with one attached hydrogen (secondary N) is 1. The Labute approximate surface area is 125 Å². The predicted molar refractivity (Wildman–Crippen MR) is 78.5 cm³/mol. The van der Waals surface area contributed by atoms with Crippen molar-refractivity contribution in [1.82, 2.24) is 4.72 Å². The summed E-state index contributed by atoms with van der Waals surface area (Å²) in [6.45, 7) is 3.46. The Hall–Kier alpha value is -1.00. The summed E-state index contributed by atoms with van der Waals surface area (Å²) in [5.41, 5.74) is 0. The highest BCUT2D eigenvalue weighted by atomic mass is 32.2. The number of sulfonamides is 2. The molecule has 1 aromatic rings. The highest BCUT2D eigenvalue weighted by molar-refractivity contribution is 7.90. The molecule has 0 bridgehead atoms. The van der Waals surface area contributed by atoms with Crippen LogP contribution < -0.4 is 9.86 Å². The van der Waals surface area contributed by atoms with Crippen LogP contribution in [0.3, 0.4) is 0 Å². The molecule has 0 fully saturated rings. The number of rotatable bonds is 7. The minimum absolute atomic E-state index is 0.195. The van der Waals surface area contributed by atoms with Gasteiger partial charge in [0.1, 0.15) is 0 Å². The summed E-state index contributed by atoms with van der Waals surface area (Å²) in [6, 6.07) is 4.13. The average Bonchev–Trinajstić information content (AvgIpc) is 2.36. The van der Waals surface area contributed by atoms with Crippen LogP contribution in [0.15, 0.2) is 34.1 Å². The van der Waals surface area contributed by atoms with E-state index in [9.17, 15) is 21.9 Å². The lowest BCUT2D eigenvalue weighted by Gasteiger charge is -2.18. The molecule has 0 heterocycles. The quantitative estimate of drug-likeness (QED) is 0.647. The minimum Gasteiger partial charge on any atom is -0.395 e. The summed E-state index contributed by atoms with van der Waals surface area (Å²) in [5.74, 6) is 0.195. The molecule has 0 aliphatic carbocycles. The van der Waals surface area contributed by atoms with Crippen LogP contribution in [0.25, 0.3) is 0 Å². The molecule has 0 saturated carbocycles. The zero-order chi connectivity index (χ0) is 16.3. The number of aliphatic hydroxyl groups excluding tert-OH is 1. The molecule has 0 aliphatic rings. The Kier molecular flexibility index (Phi) is 5.88. The third-order valence-electron chi connectivity index (χ3n) is 2.74. The van der Waals surface area contributed by atoms with E-state index in [-0.39, 0.29) is 22.3 Å². The van der Waals surface area contributed by atoms with E-state index < -0.39 is 26.1 Å². The summed E-state index contributed by atoms with van der Waals surface area (Å²) in [7, 11) is -7.91. The van der Waals surface area contributed by atoms with Crippen molar-refractivity contribution in [1.29, 1.82) is 0 Å². The molecule has 0 amide bonds. The molecule has 1 atom stereocenters. The maximum absolute atomic E-state index is 12.2. The van der Waals surface area contributed by atoms with Gasteiger partial charge in [0.25, 0.3) is 0 Å². The molecule has 120 valence electrons. The van der Waals surface area contributed by atoms with Crippen molar-refractivity contribution in [3.63, 3.8) is 0 Å². The molecule has 21 heavy (non-hydrogen) atoms. The Balaban J connectivity index is 3.08. The fourth-order valence-electron chi connectivity index (χ4n) is 1.83. The number of hydrogen-bond acceptors (Lipinski definition) is 5. The van der Waals surface area contributed by atoms with Gasteiger partial charge in [-0.1, -0.05) is 19.9 Å². The summed E-state index contributed by atoms with van der Waals surface area (Å²) >= 11 is 0. The molecule has 7 nitrogen and oxygen atoms in total. The largest absolute Gasteiger partial charge is 0.395 e.